The van der Waals surface area contributed by atoms with Crippen molar-refractivity contribution in [1.82, 2.24) is 9.97 Å². The molecule has 2 aromatic rings. The Kier molecular flexibility index (Phi) is 3.96. The van der Waals surface area contributed by atoms with Gasteiger partial charge in [-0.15, -0.1) is 0 Å². The van der Waals surface area contributed by atoms with E-state index in [1.807, 2.05) is 23.1 Å². The second kappa shape index (κ2) is 6.30. The standard InChI is InChI=1S/C19H19N5O2/c1-26-17-8-16(21-13-22-17)23-7-6-19(11-23)9-18(25)24(12-19)15-4-2-14(10-20)3-5-15/h2-5,8,13H,6-7,9,11-12H2,1H3. The van der Waals surface area contributed by atoms with E-state index < -0.39 is 0 Å². The van der Waals surface area contributed by atoms with Crippen LogP contribution in [-0.2, 0) is 4.79 Å². The fraction of sp³-hybridized carbons (Fsp3) is 0.368. The van der Waals surface area contributed by atoms with Crippen LogP contribution in [0.3, 0.4) is 0 Å². The van der Waals surface area contributed by atoms with Gasteiger partial charge in [0.2, 0.25) is 11.8 Å². The minimum absolute atomic E-state index is 0.0663. The van der Waals surface area contributed by atoms with Gasteiger partial charge in [0, 0.05) is 43.2 Å². The van der Waals surface area contributed by atoms with E-state index in [0.717, 1.165) is 31.0 Å². The largest absolute Gasteiger partial charge is 0.481 e. The van der Waals surface area contributed by atoms with Crippen LogP contribution in [0.5, 0.6) is 5.88 Å². The molecule has 0 N–H and O–H groups in total. The summed E-state index contributed by atoms with van der Waals surface area (Å²) in [7, 11) is 1.59. The Balaban J connectivity index is 1.51. The van der Waals surface area contributed by atoms with E-state index in [4.69, 9.17) is 10.00 Å². The molecule has 2 fully saturated rings. The average Bonchev–Trinajstić information content (AvgIpc) is 3.25. The lowest BCUT2D eigenvalue weighted by Gasteiger charge is -2.24. The summed E-state index contributed by atoms with van der Waals surface area (Å²) in [6.07, 6.45) is 2.98. The molecule has 3 heterocycles. The molecule has 1 unspecified atom stereocenters. The van der Waals surface area contributed by atoms with Crippen LogP contribution >= 0.6 is 0 Å². The third kappa shape index (κ3) is 2.84. The van der Waals surface area contributed by atoms with E-state index in [9.17, 15) is 4.79 Å². The number of aromatic nitrogens is 2. The van der Waals surface area contributed by atoms with Gasteiger partial charge in [-0.3, -0.25) is 4.79 Å². The number of nitriles is 1. The number of ether oxygens (including phenoxy) is 1. The molecule has 0 radical (unpaired) electrons. The van der Waals surface area contributed by atoms with Crippen molar-refractivity contribution in [3.05, 3.63) is 42.2 Å². The predicted octanol–water partition coefficient (Wildman–Crippen LogP) is 1.99. The van der Waals surface area contributed by atoms with Crippen LogP contribution in [0, 0.1) is 16.7 Å². The van der Waals surface area contributed by atoms with Crippen molar-refractivity contribution < 1.29 is 9.53 Å². The van der Waals surface area contributed by atoms with Gasteiger partial charge in [0.1, 0.15) is 12.1 Å². The molecule has 0 aliphatic carbocycles. The first-order valence-electron chi connectivity index (χ1n) is 8.54. The topological polar surface area (TPSA) is 82.4 Å². The van der Waals surface area contributed by atoms with E-state index >= 15 is 0 Å². The number of anilines is 2. The molecular formula is C19H19N5O2. The van der Waals surface area contributed by atoms with E-state index in [2.05, 4.69) is 20.9 Å². The highest BCUT2D eigenvalue weighted by atomic mass is 16.5. The van der Waals surface area contributed by atoms with Gasteiger partial charge < -0.3 is 14.5 Å². The lowest BCUT2D eigenvalue weighted by atomic mass is 9.86. The second-order valence-electron chi connectivity index (χ2n) is 6.91. The van der Waals surface area contributed by atoms with Crippen LogP contribution in [0.1, 0.15) is 18.4 Å². The molecule has 0 bridgehead atoms. The molecule has 1 spiro atoms. The molecule has 7 nitrogen and oxygen atoms in total. The molecule has 26 heavy (non-hydrogen) atoms. The number of hydrogen-bond acceptors (Lipinski definition) is 6. The maximum absolute atomic E-state index is 12.6. The first kappa shape index (κ1) is 16.3. The van der Waals surface area contributed by atoms with E-state index in [1.54, 1.807) is 19.2 Å². The summed E-state index contributed by atoms with van der Waals surface area (Å²) in [6.45, 7) is 2.33. The zero-order chi connectivity index (χ0) is 18.1. The Morgan fingerprint density at radius 3 is 2.77 bits per heavy atom. The third-order valence-corrected chi connectivity index (χ3v) is 5.23. The van der Waals surface area contributed by atoms with Crippen LogP contribution in [-0.4, -0.2) is 42.6 Å². The molecular weight excluding hydrogens is 330 g/mol. The van der Waals surface area contributed by atoms with Crippen molar-refractivity contribution in [1.29, 1.82) is 5.26 Å². The van der Waals surface area contributed by atoms with E-state index in [-0.39, 0.29) is 11.3 Å². The maximum atomic E-state index is 12.6. The summed E-state index contributed by atoms with van der Waals surface area (Å²) in [4.78, 5) is 25.1. The Bertz CT molecular complexity index is 876. The van der Waals surface area contributed by atoms with Crippen LogP contribution in [0.15, 0.2) is 36.7 Å². The summed E-state index contributed by atoms with van der Waals surface area (Å²) in [5.74, 6) is 1.51. The second-order valence-corrected chi connectivity index (χ2v) is 6.91. The summed E-state index contributed by atoms with van der Waals surface area (Å²) in [6, 6.07) is 11.1. The zero-order valence-electron chi connectivity index (χ0n) is 14.6. The molecule has 7 heteroatoms. The van der Waals surface area contributed by atoms with Gasteiger partial charge in [0.15, 0.2) is 0 Å². The van der Waals surface area contributed by atoms with Crippen molar-refractivity contribution >= 4 is 17.4 Å². The molecule has 4 rings (SSSR count). The van der Waals surface area contributed by atoms with Crippen LogP contribution < -0.4 is 14.5 Å². The molecule has 1 atom stereocenters. The molecule has 1 amide bonds. The quantitative estimate of drug-likeness (QED) is 0.843. The van der Waals surface area contributed by atoms with Crippen molar-refractivity contribution in [3.8, 4) is 11.9 Å². The number of rotatable bonds is 3. The summed E-state index contributed by atoms with van der Waals surface area (Å²) >= 11 is 0. The highest BCUT2D eigenvalue weighted by Gasteiger charge is 2.48. The number of carbonyl (C=O) groups is 1. The van der Waals surface area contributed by atoms with Gasteiger partial charge in [0.05, 0.1) is 18.7 Å². The maximum Gasteiger partial charge on any atom is 0.227 e. The number of carbonyl (C=O) groups excluding carboxylic acids is 1. The Labute approximate surface area is 151 Å². The molecule has 2 saturated heterocycles. The van der Waals surface area contributed by atoms with Gasteiger partial charge in [-0.2, -0.15) is 5.26 Å². The molecule has 2 aliphatic rings. The molecule has 2 aliphatic heterocycles. The SMILES string of the molecule is COc1cc(N2CCC3(CC(=O)N(c4ccc(C#N)cc4)C3)C2)ncn1. The van der Waals surface area contributed by atoms with Gasteiger partial charge in [0.25, 0.3) is 0 Å². The number of amides is 1. The fourth-order valence-electron chi connectivity index (χ4n) is 3.87. The minimum atomic E-state index is -0.0663. The number of nitrogens with zero attached hydrogens (tertiary/aromatic N) is 5. The van der Waals surface area contributed by atoms with Crippen LogP contribution in [0.25, 0.3) is 0 Å². The lowest BCUT2D eigenvalue weighted by Crippen LogP contribution is -2.31. The molecule has 132 valence electrons. The molecule has 0 saturated carbocycles. The number of methoxy groups -OCH3 is 1. The highest BCUT2D eigenvalue weighted by Crippen LogP contribution is 2.43. The van der Waals surface area contributed by atoms with Crippen molar-refractivity contribution in [2.24, 2.45) is 5.41 Å². The monoisotopic (exact) mass is 349 g/mol. The normalized spacial score (nSPS) is 22.1. The Hall–Kier alpha value is -3.14. The fourth-order valence-corrected chi connectivity index (χ4v) is 3.87. The van der Waals surface area contributed by atoms with Crippen LogP contribution in [0.4, 0.5) is 11.5 Å². The molecule has 1 aromatic heterocycles. The van der Waals surface area contributed by atoms with E-state index in [0.29, 0.717) is 24.4 Å². The van der Waals surface area contributed by atoms with E-state index in [1.165, 1.54) is 6.33 Å². The van der Waals surface area contributed by atoms with Crippen molar-refractivity contribution in [2.45, 2.75) is 12.8 Å². The Morgan fingerprint density at radius 2 is 2.04 bits per heavy atom. The zero-order valence-corrected chi connectivity index (χ0v) is 14.6. The third-order valence-electron chi connectivity index (χ3n) is 5.23. The first-order valence-corrected chi connectivity index (χ1v) is 8.54. The van der Waals surface area contributed by atoms with Gasteiger partial charge in [-0.25, -0.2) is 9.97 Å². The lowest BCUT2D eigenvalue weighted by molar-refractivity contribution is -0.117. The van der Waals surface area contributed by atoms with Crippen molar-refractivity contribution in [2.75, 3.05) is 36.5 Å². The molecule has 1 aromatic carbocycles. The van der Waals surface area contributed by atoms with Gasteiger partial charge in [-0.1, -0.05) is 0 Å². The summed E-state index contributed by atoms with van der Waals surface area (Å²) < 4.78 is 5.18. The number of hydrogen-bond donors (Lipinski definition) is 0. The van der Waals surface area contributed by atoms with Gasteiger partial charge >= 0.3 is 0 Å². The first-order chi connectivity index (χ1) is 12.6. The highest BCUT2D eigenvalue weighted by molar-refractivity contribution is 5.96. The average molecular weight is 349 g/mol. The van der Waals surface area contributed by atoms with Crippen molar-refractivity contribution in [3.63, 3.8) is 0 Å². The van der Waals surface area contributed by atoms with Crippen LogP contribution in [0.2, 0.25) is 0 Å². The summed E-state index contributed by atoms with van der Waals surface area (Å²) in [5.41, 5.74) is 1.39. The van der Waals surface area contributed by atoms with Gasteiger partial charge in [-0.05, 0) is 30.7 Å². The number of benzene rings is 1. The summed E-state index contributed by atoms with van der Waals surface area (Å²) in [5, 5.41) is 8.93. The minimum Gasteiger partial charge on any atom is -0.481 e. The Morgan fingerprint density at radius 1 is 1.23 bits per heavy atom. The predicted molar refractivity (Wildman–Crippen MR) is 96.0 cm³/mol. The smallest absolute Gasteiger partial charge is 0.227 e.